The number of carbonyl (C=O) groups excluding carboxylic acids is 2. The molecule has 7 nitrogen and oxygen atoms in total. The molecule has 0 spiro atoms. The van der Waals surface area contributed by atoms with Crippen LogP contribution < -0.4 is 10.6 Å². The molecule has 1 aromatic carbocycles. The largest absolute Gasteiger partial charge is 0.459 e. The van der Waals surface area contributed by atoms with Gasteiger partial charge in [0.1, 0.15) is 0 Å². The minimum absolute atomic E-state index is 0.0673. The zero-order chi connectivity index (χ0) is 18.2. The molecule has 3 aromatic rings. The monoisotopic (exact) mass is 388 g/mol. The topological polar surface area (TPSA) is 97.1 Å². The highest BCUT2D eigenvalue weighted by Gasteiger charge is 2.13. The van der Waals surface area contributed by atoms with E-state index in [1.165, 1.54) is 34.9 Å². The Bertz CT molecular complexity index is 850. The molecule has 0 aliphatic rings. The Morgan fingerprint density at radius 2 is 1.96 bits per heavy atom. The summed E-state index contributed by atoms with van der Waals surface area (Å²) in [7, 11) is 0. The quantitative estimate of drug-likeness (QED) is 0.455. The van der Waals surface area contributed by atoms with Gasteiger partial charge in [-0.3, -0.25) is 14.9 Å². The van der Waals surface area contributed by atoms with Crippen molar-refractivity contribution in [1.29, 1.82) is 0 Å². The Morgan fingerprint density at radius 1 is 1.12 bits per heavy atom. The Hall–Kier alpha value is -2.65. The second-order valence-corrected chi connectivity index (χ2v) is 7.38. The number of rotatable bonds is 8. The third kappa shape index (κ3) is 5.43. The number of benzene rings is 1. The van der Waals surface area contributed by atoms with Crippen LogP contribution in [0, 0.1) is 0 Å². The predicted octanol–water partition coefficient (Wildman–Crippen LogP) is 2.83. The number of nitrogens with zero attached hydrogens (tertiary/aromatic N) is 2. The van der Waals surface area contributed by atoms with Crippen LogP contribution in [0.5, 0.6) is 0 Å². The van der Waals surface area contributed by atoms with Crippen LogP contribution in [0.3, 0.4) is 0 Å². The Balaban J connectivity index is 1.38. The van der Waals surface area contributed by atoms with Crippen molar-refractivity contribution in [1.82, 2.24) is 15.5 Å². The standard InChI is InChI=1S/C17H16N4O3S2/c22-14(18-9-8-12-5-2-1-3-6-12)11-25-17-21-20-16(26-17)19-15(23)13-7-4-10-24-13/h1-7,10H,8-9,11H2,(H,18,22)(H,19,20,23). The maximum absolute atomic E-state index is 11.9. The van der Waals surface area contributed by atoms with Crippen LogP contribution in [0.25, 0.3) is 0 Å². The van der Waals surface area contributed by atoms with Gasteiger partial charge in [-0.25, -0.2) is 0 Å². The van der Waals surface area contributed by atoms with Gasteiger partial charge in [-0.2, -0.15) is 0 Å². The lowest BCUT2D eigenvalue weighted by Crippen LogP contribution is -2.27. The number of hydrogen-bond acceptors (Lipinski definition) is 7. The van der Waals surface area contributed by atoms with E-state index in [-0.39, 0.29) is 23.3 Å². The molecule has 2 heterocycles. The molecule has 0 atom stereocenters. The smallest absolute Gasteiger partial charge is 0.293 e. The number of hydrogen-bond donors (Lipinski definition) is 2. The van der Waals surface area contributed by atoms with E-state index in [1.807, 2.05) is 30.3 Å². The van der Waals surface area contributed by atoms with Gasteiger partial charge < -0.3 is 9.73 Å². The van der Waals surface area contributed by atoms with E-state index in [1.54, 1.807) is 12.1 Å². The van der Waals surface area contributed by atoms with Crippen LogP contribution in [0.1, 0.15) is 16.1 Å². The van der Waals surface area contributed by atoms with Crippen LogP contribution in [-0.2, 0) is 11.2 Å². The lowest BCUT2D eigenvalue weighted by Gasteiger charge is -2.04. The van der Waals surface area contributed by atoms with Gasteiger partial charge in [0.25, 0.3) is 5.91 Å². The normalized spacial score (nSPS) is 10.5. The van der Waals surface area contributed by atoms with E-state index in [0.29, 0.717) is 16.0 Å². The molecule has 9 heteroatoms. The molecule has 2 N–H and O–H groups in total. The molecule has 0 aliphatic carbocycles. The van der Waals surface area contributed by atoms with E-state index in [0.717, 1.165) is 6.42 Å². The number of aromatic nitrogens is 2. The van der Waals surface area contributed by atoms with Crippen molar-refractivity contribution in [2.75, 3.05) is 17.6 Å². The van der Waals surface area contributed by atoms with E-state index in [9.17, 15) is 9.59 Å². The highest BCUT2D eigenvalue weighted by molar-refractivity contribution is 8.01. The van der Waals surface area contributed by atoms with E-state index >= 15 is 0 Å². The molecule has 2 amide bonds. The fraction of sp³-hybridized carbons (Fsp3) is 0.176. The zero-order valence-electron chi connectivity index (χ0n) is 13.7. The first-order chi connectivity index (χ1) is 12.7. The van der Waals surface area contributed by atoms with Crippen molar-refractivity contribution >= 4 is 40.0 Å². The third-order valence-corrected chi connectivity index (χ3v) is 5.25. The van der Waals surface area contributed by atoms with Crippen molar-refractivity contribution in [3.63, 3.8) is 0 Å². The van der Waals surface area contributed by atoms with Crippen LogP contribution in [0.2, 0.25) is 0 Å². The second kappa shape index (κ2) is 9.16. The molecule has 0 bridgehead atoms. The van der Waals surface area contributed by atoms with Crippen molar-refractivity contribution in [3.8, 4) is 0 Å². The average Bonchev–Trinajstić information content (AvgIpc) is 3.33. The summed E-state index contributed by atoms with van der Waals surface area (Å²) in [5.74, 6) is -0.00825. The summed E-state index contributed by atoms with van der Waals surface area (Å²) in [5, 5.41) is 13.7. The Kier molecular flexibility index (Phi) is 6.39. The summed E-state index contributed by atoms with van der Waals surface area (Å²) in [4.78, 5) is 23.7. The lowest BCUT2D eigenvalue weighted by molar-refractivity contribution is -0.118. The Morgan fingerprint density at radius 3 is 2.73 bits per heavy atom. The summed E-state index contributed by atoms with van der Waals surface area (Å²) < 4.78 is 5.62. The summed E-state index contributed by atoms with van der Waals surface area (Å²) in [5.41, 5.74) is 1.18. The first-order valence-electron chi connectivity index (χ1n) is 7.82. The van der Waals surface area contributed by atoms with Gasteiger partial charge in [-0.15, -0.1) is 10.2 Å². The number of furan rings is 1. The maximum atomic E-state index is 11.9. The minimum atomic E-state index is -0.388. The molecule has 26 heavy (non-hydrogen) atoms. The van der Waals surface area contributed by atoms with Crippen LogP contribution >= 0.6 is 23.1 Å². The molecular weight excluding hydrogens is 372 g/mol. The third-order valence-electron chi connectivity index (χ3n) is 3.28. The number of carbonyl (C=O) groups is 2. The molecule has 0 radical (unpaired) electrons. The minimum Gasteiger partial charge on any atom is -0.459 e. The van der Waals surface area contributed by atoms with E-state index < -0.39 is 0 Å². The van der Waals surface area contributed by atoms with Gasteiger partial charge in [-0.1, -0.05) is 53.4 Å². The Labute approximate surface area is 158 Å². The van der Waals surface area contributed by atoms with Crippen molar-refractivity contribution < 1.29 is 14.0 Å². The van der Waals surface area contributed by atoms with Gasteiger partial charge in [0.05, 0.1) is 12.0 Å². The number of thioether (sulfide) groups is 1. The predicted molar refractivity (Wildman–Crippen MR) is 100 cm³/mol. The summed E-state index contributed by atoms with van der Waals surface area (Å²) >= 11 is 2.49. The lowest BCUT2D eigenvalue weighted by atomic mass is 10.1. The fourth-order valence-corrected chi connectivity index (χ4v) is 3.63. The molecule has 134 valence electrons. The van der Waals surface area contributed by atoms with Gasteiger partial charge in [0.15, 0.2) is 10.1 Å². The number of anilines is 1. The molecule has 0 aliphatic heterocycles. The van der Waals surface area contributed by atoms with Crippen LogP contribution in [0.15, 0.2) is 57.5 Å². The summed E-state index contributed by atoms with van der Waals surface area (Å²) in [6.45, 7) is 0.587. The van der Waals surface area contributed by atoms with E-state index in [4.69, 9.17) is 4.42 Å². The summed E-state index contributed by atoms with van der Waals surface area (Å²) in [6.07, 6.45) is 2.21. The fourth-order valence-electron chi connectivity index (χ4n) is 2.05. The molecular formula is C17H16N4O3S2. The van der Waals surface area contributed by atoms with Gasteiger partial charge >= 0.3 is 0 Å². The molecule has 2 aromatic heterocycles. The van der Waals surface area contributed by atoms with Gasteiger partial charge in [0.2, 0.25) is 11.0 Å². The van der Waals surface area contributed by atoms with Crippen molar-refractivity contribution in [3.05, 3.63) is 60.1 Å². The molecule has 0 unspecified atom stereocenters. The number of amides is 2. The van der Waals surface area contributed by atoms with Crippen molar-refractivity contribution in [2.24, 2.45) is 0 Å². The van der Waals surface area contributed by atoms with Crippen LogP contribution in [0.4, 0.5) is 5.13 Å². The zero-order valence-corrected chi connectivity index (χ0v) is 15.3. The first kappa shape index (κ1) is 18.2. The SMILES string of the molecule is O=C(CSc1nnc(NC(=O)c2ccco2)s1)NCCc1ccccc1. The number of nitrogens with one attached hydrogen (secondary N) is 2. The highest BCUT2D eigenvalue weighted by Crippen LogP contribution is 2.25. The van der Waals surface area contributed by atoms with Gasteiger partial charge in [0, 0.05) is 6.54 Å². The first-order valence-corrected chi connectivity index (χ1v) is 9.63. The van der Waals surface area contributed by atoms with Crippen molar-refractivity contribution in [2.45, 2.75) is 10.8 Å². The average molecular weight is 388 g/mol. The van der Waals surface area contributed by atoms with E-state index in [2.05, 4.69) is 20.8 Å². The second-order valence-electron chi connectivity index (χ2n) is 5.18. The maximum Gasteiger partial charge on any atom is 0.293 e. The molecule has 0 saturated heterocycles. The molecule has 3 rings (SSSR count). The summed E-state index contributed by atoms with van der Waals surface area (Å²) in [6, 6.07) is 13.2. The van der Waals surface area contributed by atoms with Crippen LogP contribution in [-0.4, -0.2) is 34.3 Å². The molecule has 0 fully saturated rings. The molecule has 0 saturated carbocycles. The highest BCUT2D eigenvalue weighted by atomic mass is 32.2. The van der Waals surface area contributed by atoms with Gasteiger partial charge in [-0.05, 0) is 24.1 Å².